The molecular weight excluding hydrogens is 396 g/mol. The summed E-state index contributed by atoms with van der Waals surface area (Å²) in [6.45, 7) is 0.395. The van der Waals surface area contributed by atoms with Gasteiger partial charge in [-0.15, -0.1) is 0 Å². The van der Waals surface area contributed by atoms with Crippen molar-refractivity contribution in [2.45, 2.75) is 6.54 Å². The van der Waals surface area contributed by atoms with Crippen molar-refractivity contribution in [3.63, 3.8) is 0 Å². The van der Waals surface area contributed by atoms with E-state index < -0.39 is 0 Å². The molecule has 0 unspecified atom stereocenters. The van der Waals surface area contributed by atoms with Gasteiger partial charge in [0.25, 0.3) is 5.91 Å². The van der Waals surface area contributed by atoms with Gasteiger partial charge in [0.1, 0.15) is 0 Å². The second kappa shape index (κ2) is 7.25. The van der Waals surface area contributed by atoms with Gasteiger partial charge in [0.2, 0.25) is 0 Å². The third kappa shape index (κ3) is 3.99. The molecule has 0 saturated heterocycles. The molecule has 0 atom stereocenters. The molecule has 0 saturated carbocycles. The lowest BCUT2D eigenvalue weighted by Crippen LogP contribution is -2.23. The highest BCUT2D eigenvalue weighted by molar-refractivity contribution is 9.10. The number of nitrogens with one attached hydrogen (secondary N) is 1. The van der Waals surface area contributed by atoms with Crippen LogP contribution in [0, 0.1) is 0 Å². The van der Waals surface area contributed by atoms with Crippen LogP contribution in [0.1, 0.15) is 15.9 Å². The lowest BCUT2D eigenvalue weighted by atomic mass is 10.1. The number of thiophene rings is 1. The highest BCUT2D eigenvalue weighted by atomic mass is 79.9. The molecule has 0 spiro atoms. The van der Waals surface area contributed by atoms with Gasteiger partial charge in [0.15, 0.2) is 0 Å². The molecule has 0 aliphatic heterocycles. The Balaban J connectivity index is 1.72. The third-order valence-electron chi connectivity index (χ3n) is 3.28. The maximum absolute atomic E-state index is 12.3. The molecule has 3 nitrogen and oxygen atoms in total. The number of aromatic nitrogens is 1. The van der Waals surface area contributed by atoms with Crippen molar-refractivity contribution in [1.82, 2.24) is 10.3 Å². The van der Waals surface area contributed by atoms with Crippen LogP contribution in [0.15, 0.2) is 58.0 Å². The van der Waals surface area contributed by atoms with Crippen LogP contribution < -0.4 is 5.32 Å². The topological polar surface area (TPSA) is 42.0 Å². The van der Waals surface area contributed by atoms with Crippen LogP contribution >= 0.6 is 38.9 Å². The Morgan fingerprint density at radius 2 is 2.09 bits per heavy atom. The van der Waals surface area contributed by atoms with E-state index >= 15 is 0 Å². The first-order valence-electron chi connectivity index (χ1n) is 6.83. The van der Waals surface area contributed by atoms with Crippen molar-refractivity contribution in [3.8, 4) is 11.1 Å². The van der Waals surface area contributed by atoms with E-state index in [2.05, 4.69) is 31.6 Å². The quantitative estimate of drug-likeness (QED) is 0.649. The Morgan fingerprint density at radius 3 is 2.87 bits per heavy atom. The van der Waals surface area contributed by atoms with Gasteiger partial charge >= 0.3 is 0 Å². The van der Waals surface area contributed by atoms with Crippen molar-refractivity contribution in [2.75, 3.05) is 0 Å². The molecule has 1 N–H and O–H groups in total. The van der Waals surface area contributed by atoms with E-state index in [1.807, 2.05) is 23.7 Å². The number of hydrogen-bond acceptors (Lipinski definition) is 3. The number of carbonyl (C=O) groups is 1. The van der Waals surface area contributed by atoms with Crippen molar-refractivity contribution in [2.24, 2.45) is 0 Å². The molecule has 0 aliphatic carbocycles. The van der Waals surface area contributed by atoms with Gasteiger partial charge in [0, 0.05) is 29.0 Å². The summed E-state index contributed by atoms with van der Waals surface area (Å²) in [5, 5.41) is 7.40. The zero-order chi connectivity index (χ0) is 16.2. The van der Waals surface area contributed by atoms with Crippen molar-refractivity contribution in [1.29, 1.82) is 0 Å². The van der Waals surface area contributed by atoms with Gasteiger partial charge in [-0.05, 0) is 52.2 Å². The van der Waals surface area contributed by atoms with Crippen LogP contribution in [0.4, 0.5) is 0 Å². The summed E-state index contributed by atoms with van der Waals surface area (Å²) >= 11 is 11.1. The fraction of sp³-hybridized carbons (Fsp3) is 0.0588. The monoisotopic (exact) mass is 406 g/mol. The van der Waals surface area contributed by atoms with Gasteiger partial charge in [0.05, 0.1) is 10.6 Å². The van der Waals surface area contributed by atoms with Crippen LogP contribution in [0.3, 0.4) is 0 Å². The predicted molar refractivity (Wildman–Crippen MR) is 97.9 cm³/mol. The van der Waals surface area contributed by atoms with Gasteiger partial charge in [-0.1, -0.05) is 27.5 Å². The second-order valence-electron chi connectivity index (χ2n) is 4.90. The normalized spacial score (nSPS) is 10.5. The predicted octanol–water partition coefficient (Wildman–Crippen LogP) is 5.16. The SMILES string of the molecule is O=C(NCc1cncc(-c2ccsc2)c1)c1cc(Br)ccc1Cl. The summed E-state index contributed by atoms with van der Waals surface area (Å²) in [5.41, 5.74) is 3.56. The Morgan fingerprint density at radius 1 is 1.22 bits per heavy atom. The number of hydrogen-bond donors (Lipinski definition) is 1. The fourth-order valence-electron chi connectivity index (χ4n) is 2.12. The molecule has 1 amide bonds. The van der Waals surface area contributed by atoms with Crippen molar-refractivity contribution < 1.29 is 4.79 Å². The fourth-order valence-corrected chi connectivity index (χ4v) is 3.35. The second-order valence-corrected chi connectivity index (χ2v) is 7.00. The number of halogens is 2. The molecule has 23 heavy (non-hydrogen) atoms. The molecule has 1 aromatic carbocycles. The Bertz CT molecular complexity index is 836. The first-order valence-corrected chi connectivity index (χ1v) is 8.94. The van der Waals surface area contributed by atoms with E-state index in [4.69, 9.17) is 11.6 Å². The maximum Gasteiger partial charge on any atom is 0.253 e. The number of carbonyl (C=O) groups excluding carboxylic acids is 1. The maximum atomic E-state index is 12.3. The van der Waals surface area contributed by atoms with Crippen LogP contribution in [-0.4, -0.2) is 10.9 Å². The van der Waals surface area contributed by atoms with E-state index in [-0.39, 0.29) is 5.91 Å². The molecule has 0 fully saturated rings. The van der Waals surface area contributed by atoms with E-state index in [1.54, 1.807) is 35.7 Å². The van der Waals surface area contributed by atoms with Gasteiger partial charge in [-0.3, -0.25) is 9.78 Å². The largest absolute Gasteiger partial charge is 0.348 e. The summed E-state index contributed by atoms with van der Waals surface area (Å²) < 4.78 is 0.813. The number of pyridine rings is 1. The summed E-state index contributed by atoms with van der Waals surface area (Å²) in [4.78, 5) is 16.5. The molecular formula is C17H12BrClN2OS. The first kappa shape index (κ1) is 16.2. The lowest BCUT2D eigenvalue weighted by Gasteiger charge is -2.08. The average molecular weight is 408 g/mol. The van der Waals surface area contributed by atoms with E-state index in [0.717, 1.165) is 21.2 Å². The number of amides is 1. The summed E-state index contributed by atoms with van der Waals surface area (Å²) in [7, 11) is 0. The molecule has 0 radical (unpaired) electrons. The van der Waals surface area contributed by atoms with E-state index in [0.29, 0.717) is 17.1 Å². The standard InChI is InChI=1S/C17H12BrClN2OS/c18-14-1-2-16(19)15(6-14)17(22)21-8-11-5-13(9-20-7-11)12-3-4-23-10-12/h1-7,9-10H,8H2,(H,21,22). The summed E-state index contributed by atoms with van der Waals surface area (Å²) in [6, 6.07) is 9.27. The minimum absolute atomic E-state index is 0.211. The van der Waals surface area contributed by atoms with Crippen molar-refractivity contribution >= 4 is 44.8 Å². The van der Waals surface area contributed by atoms with Crippen LogP contribution in [0.25, 0.3) is 11.1 Å². The summed E-state index contributed by atoms with van der Waals surface area (Å²) in [6.07, 6.45) is 3.57. The van der Waals surface area contributed by atoms with E-state index in [9.17, 15) is 4.79 Å². The smallest absolute Gasteiger partial charge is 0.253 e. The molecule has 6 heteroatoms. The Labute approximate surface area is 151 Å². The Hall–Kier alpha value is -1.69. The van der Waals surface area contributed by atoms with Crippen LogP contribution in [0.5, 0.6) is 0 Å². The zero-order valence-electron chi connectivity index (χ0n) is 11.9. The molecule has 2 heterocycles. The third-order valence-corrected chi connectivity index (χ3v) is 4.78. The summed E-state index contributed by atoms with van der Waals surface area (Å²) in [5.74, 6) is -0.211. The average Bonchev–Trinajstić information content (AvgIpc) is 3.10. The van der Waals surface area contributed by atoms with Gasteiger partial charge in [-0.2, -0.15) is 11.3 Å². The van der Waals surface area contributed by atoms with Gasteiger partial charge in [-0.25, -0.2) is 0 Å². The van der Waals surface area contributed by atoms with E-state index in [1.165, 1.54) is 0 Å². The molecule has 2 aromatic heterocycles. The van der Waals surface area contributed by atoms with Crippen LogP contribution in [0.2, 0.25) is 5.02 Å². The van der Waals surface area contributed by atoms with Gasteiger partial charge < -0.3 is 5.32 Å². The van der Waals surface area contributed by atoms with Crippen molar-refractivity contribution in [3.05, 3.63) is 74.1 Å². The molecule has 3 rings (SSSR count). The molecule has 0 aliphatic rings. The first-order chi connectivity index (χ1) is 11.1. The lowest BCUT2D eigenvalue weighted by molar-refractivity contribution is 0.0951. The number of nitrogens with zero attached hydrogens (tertiary/aromatic N) is 1. The zero-order valence-corrected chi connectivity index (χ0v) is 15.1. The number of benzene rings is 1. The molecule has 3 aromatic rings. The minimum atomic E-state index is -0.211. The highest BCUT2D eigenvalue weighted by Crippen LogP contribution is 2.23. The number of rotatable bonds is 4. The van der Waals surface area contributed by atoms with Crippen LogP contribution in [-0.2, 0) is 6.54 Å². The molecule has 116 valence electrons. The molecule has 0 bridgehead atoms. The minimum Gasteiger partial charge on any atom is -0.348 e. The highest BCUT2D eigenvalue weighted by Gasteiger charge is 2.11. The Kier molecular flexibility index (Phi) is 5.10.